The van der Waals surface area contributed by atoms with Gasteiger partial charge < -0.3 is 9.64 Å². The van der Waals surface area contributed by atoms with Gasteiger partial charge in [-0.1, -0.05) is 28.9 Å². The van der Waals surface area contributed by atoms with Gasteiger partial charge in [0, 0.05) is 35.7 Å². The van der Waals surface area contributed by atoms with Crippen LogP contribution in [0.5, 0.6) is 0 Å². The lowest BCUT2D eigenvalue weighted by Crippen LogP contribution is -2.35. The largest absolute Gasteiger partial charge is 0.383 e. The van der Waals surface area contributed by atoms with Crippen molar-refractivity contribution in [3.8, 4) is 0 Å². The number of rotatable bonds is 7. The third-order valence-electron chi connectivity index (χ3n) is 3.17. The topological polar surface area (TPSA) is 12.5 Å². The molecule has 0 amide bonds. The lowest BCUT2D eigenvalue weighted by molar-refractivity contribution is 0.203. The Kier molecular flexibility index (Phi) is 7.05. The molecule has 0 aromatic heterocycles. The number of ether oxygens (including phenoxy) is 1. The number of halogens is 2. The molecule has 0 aliphatic heterocycles. The van der Waals surface area contributed by atoms with E-state index in [4.69, 9.17) is 16.3 Å². The summed E-state index contributed by atoms with van der Waals surface area (Å²) in [7, 11) is 1.74. The van der Waals surface area contributed by atoms with Crippen molar-refractivity contribution in [1.82, 2.24) is 0 Å². The van der Waals surface area contributed by atoms with Crippen LogP contribution in [0.1, 0.15) is 25.8 Å². The van der Waals surface area contributed by atoms with Crippen LogP contribution in [0.2, 0.25) is 0 Å². The number of hydrogen-bond acceptors (Lipinski definition) is 2. The molecule has 0 saturated heterocycles. The number of hydrogen-bond donors (Lipinski definition) is 0. The van der Waals surface area contributed by atoms with Gasteiger partial charge in [0.25, 0.3) is 0 Å². The molecule has 1 aromatic rings. The molecule has 0 spiro atoms. The van der Waals surface area contributed by atoms with Gasteiger partial charge in [0.15, 0.2) is 0 Å². The molecule has 4 heteroatoms. The molecule has 0 saturated carbocycles. The molecule has 18 heavy (non-hydrogen) atoms. The highest BCUT2D eigenvalue weighted by Gasteiger charge is 2.13. The molecule has 0 aliphatic carbocycles. The van der Waals surface area contributed by atoms with Crippen LogP contribution in [-0.4, -0.2) is 26.3 Å². The summed E-state index contributed by atoms with van der Waals surface area (Å²) in [6.07, 6.45) is 1.11. The number of methoxy groups -OCH3 is 1. The summed E-state index contributed by atoms with van der Waals surface area (Å²) in [4.78, 5) is 2.37. The standard InChI is InChI=1S/C14H21BrClNO/c1-4-11(2)17(7-8-18-3)13-6-5-12(10-16)14(15)9-13/h5-6,9,11H,4,7-8,10H2,1-3H3. The fourth-order valence-corrected chi connectivity index (χ4v) is 2.74. The Morgan fingerprint density at radius 3 is 2.67 bits per heavy atom. The summed E-state index contributed by atoms with van der Waals surface area (Å²) >= 11 is 9.45. The lowest BCUT2D eigenvalue weighted by Gasteiger charge is -2.31. The summed E-state index contributed by atoms with van der Waals surface area (Å²) in [6.45, 7) is 6.07. The van der Waals surface area contributed by atoms with Crippen molar-refractivity contribution >= 4 is 33.2 Å². The van der Waals surface area contributed by atoms with E-state index < -0.39 is 0 Å². The van der Waals surface area contributed by atoms with Crippen LogP contribution < -0.4 is 4.90 Å². The van der Waals surface area contributed by atoms with Crippen molar-refractivity contribution in [2.45, 2.75) is 32.2 Å². The van der Waals surface area contributed by atoms with Crippen molar-refractivity contribution < 1.29 is 4.74 Å². The second-order valence-electron chi connectivity index (χ2n) is 4.35. The quantitative estimate of drug-likeness (QED) is 0.684. The maximum absolute atomic E-state index is 5.87. The maximum Gasteiger partial charge on any atom is 0.0637 e. The van der Waals surface area contributed by atoms with Crippen LogP contribution in [0.3, 0.4) is 0 Å². The van der Waals surface area contributed by atoms with E-state index in [1.54, 1.807) is 7.11 Å². The third kappa shape index (κ3) is 4.15. The molecule has 0 heterocycles. The highest BCUT2D eigenvalue weighted by molar-refractivity contribution is 9.10. The molecular weight excluding hydrogens is 314 g/mol. The minimum atomic E-state index is 0.494. The van der Waals surface area contributed by atoms with Crippen LogP contribution in [-0.2, 0) is 10.6 Å². The minimum Gasteiger partial charge on any atom is -0.383 e. The molecular formula is C14H21BrClNO. The van der Waals surface area contributed by atoms with Gasteiger partial charge in [-0.3, -0.25) is 0 Å². The summed E-state index contributed by atoms with van der Waals surface area (Å²) in [5.74, 6) is 0.530. The lowest BCUT2D eigenvalue weighted by atomic mass is 10.1. The monoisotopic (exact) mass is 333 g/mol. The van der Waals surface area contributed by atoms with Gasteiger partial charge in [-0.2, -0.15) is 0 Å². The molecule has 1 unspecified atom stereocenters. The van der Waals surface area contributed by atoms with Gasteiger partial charge in [0.05, 0.1) is 6.61 Å². The SMILES string of the molecule is CCC(C)N(CCOC)c1ccc(CCl)c(Br)c1. The van der Waals surface area contributed by atoms with E-state index in [-0.39, 0.29) is 0 Å². The second-order valence-corrected chi connectivity index (χ2v) is 5.47. The van der Waals surface area contributed by atoms with Crippen LogP contribution in [0.4, 0.5) is 5.69 Å². The first-order valence-corrected chi connectivity index (χ1v) is 7.56. The van der Waals surface area contributed by atoms with E-state index in [0.717, 1.165) is 29.6 Å². The zero-order valence-corrected chi connectivity index (χ0v) is 13.6. The fraction of sp³-hybridized carbons (Fsp3) is 0.571. The Morgan fingerprint density at radius 1 is 1.44 bits per heavy atom. The van der Waals surface area contributed by atoms with E-state index in [2.05, 4.69) is 52.9 Å². The predicted octanol–water partition coefficient (Wildman–Crippen LogP) is 4.44. The van der Waals surface area contributed by atoms with Crippen LogP contribution in [0, 0.1) is 0 Å². The Hall–Kier alpha value is -0.250. The van der Waals surface area contributed by atoms with Gasteiger partial charge in [0.2, 0.25) is 0 Å². The van der Waals surface area contributed by atoms with E-state index in [1.165, 1.54) is 5.69 Å². The fourth-order valence-electron chi connectivity index (χ4n) is 1.84. The number of nitrogens with zero attached hydrogens (tertiary/aromatic N) is 1. The van der Waals surface area contributed by atoms with Gasteiger partial charge in [-0.25, -0.2) is 0 Å². The number of anilines is 1. The zero-order valence-electron chi connectivity index (χ0n) is 11.2. The summed E-state index contributed by atoms with van der Waals surface area (Å²) < 4.78 is 6.26. The van der Waals surface area contributed by atoms with Crippen LogP contribution in [0.15, 0.2) is 22.7 Å². The van der Waals surface area contributed by atoms with Crippen molar-refractivity contribution in [2.75, 3.05) is 25.2 Å². The molecule has 0 aliphatic rings. The zero-order chi connectivity index (χ0) is 13.5. The molecule has 0 fully saturated rings. The van der Waals surface area contributed by atoms with E-state index in [9.17, 15) is 0 Å². The second kappa shape index (κ2) is 8.03. The molecule has 1 aromatic carbocycles. The molecule has 0 N–H and O–H groups in total. The van der Waals surface area contributed by atoms with E-state index in [1.807, 2.05) is 0 Å². The Morgan fingerprint density at radius 2 is 2.17 bits per heavy atom. The molecule has 1 atom stereocenters. The van der Waals surface area contributed by atoms with Crippen molar-refractivity contribution in [2.24, 2.45) is 0 Å². The normalized spacial score (nSPS) is 12.5. The predicted molar refractivity (Wildman–Crippen MR) is 82.7 cm³/mol. The van der Waals surface area contributed by atoms with E-state index >= 15 is 0 Å². The molecule has 102 valence electrons. The summed E-state index contributed by atoms with van der Waals surface area (Å²) in [6, 6.07) is 6.84. The summed E-state index contributed by atoms with van der Waals surface area (Å²) in [5.41, 5.74) is 2.33. The average molecular weight is 335 g/mol. The first-order valence-electron chi connectivity index (χ1n) is 6.24. The van der Waals surface area contributed by atoms with Gasteiger partial charge >= 0.3 is 0 Å². The first kappa shape index (κ1) is 15.8. The molecule has 0 bridgehead atoms. The first-order chi connectivity index (χ1) is 8.63. The highest BCUT2D eigenvalue weighted by Crippen LogP contribution is 2.27. The molecule has 1 rings (SSSR count). The smallest absolute Gasteiger partial charge is 0.0637 e. The maximum atomic E-state index is 5.87. The van der Waals surface area contributed by atoms with Crippen molar-refractivity contribution in [3.63, 3.8) is 0 Å². The van der Waals surface area contributed by atoms with Crippen LogP contribution in [0.25, 0.3) is 0 Å². The third-order valence-corrected chi connectivity index (χ3v) is 4.20. The van der Waals surface area contributed by atoms with Crippen molar-refractivity contribution in [3.05, 3.63) is 28.2 Å². The molecule has 0 radical (unpaired) electrons. The van der Waals surface area contributed by atoms with Gasteiger partial charge in [-0.05, 0) is 31.0 Å². The number of alkyl halides is 1. The van der Waals surface area contributed by atoms with Crippen LogP contribution >= 0.6 is 27.5 Å². The Balaban J connectivity index is 2.93. The van der Waals surface area contributed by atoms with Gasteiger partial charge in [-0.15, -0.1) is 11.6 Å². The Labute approximate surface area is 123 Å². The van der Waals surface area contributed by atoms with Gasteiger partial charge in [0.1, 0.15) is 0 Å². The molecule has 2 nitrogen and oxygen atoms in total. The van der Waals surface area contributed by atoms with Crippen molar-refractivity contribution in [1.29, 1.82) is 0 Å². The van der Waals surface area contributed by atoms with E-state index in [0.29, 0.717) is 11.9 Å². The Bertz CT molecular complexity index is 373. The number of benzene rings is 1. The minimum absolute atomic E-state index is 0.494. The highest BCUT2D eigenvalue weighted by atomic mass is 79.9. The average Bonchev–Trinajstić information content (AvgIpc) is 2.39. The summed E-state index contributed by atoms with van der Waals surface area (Å²) in [5, 5.41) is 0.